The van der Waals surface area contributed by atoms with E-state index in [9.17, 15) is 18.0 Å². The van der Waals surface area contributed by atoms with Crippen molar-refractivity contribution in [3.05, 3.63) is 42.4 Å². The highest BCUT2D eigenvalue weighted by Crippen LogP contribution is 2.28. The minimum Gasteiger partial charge on any atom is -0.480 e. The number of carbonyl (C=O) groups is 2. The second-order valence-corrected chi connectivity index (χ2v) is 7.89. The Kier molecular flexibility index (Phi) is 4.33. The molecule has 1 aromatic carbocycles. The molecule has 9 heteroatoms. The number of hydrogen-bond donors (Lipinski definition) is 1. The van der Waals surface area contributed by atoms with Crippen LogP contribution in [0, 0.1) is 0 Å². The first-order valence-electron chi connectivity index (χ1n) is 7.55. The number of Topliss-reactive ketones (excluding diaryl/α,β-unsaturated/α-hetero) is 1. The largest absolute Gasteiger partial charge is 0.480 e. The fraction of sp³-hybridized carbons (Fsp3) is 0.176. The van der Waals surface area contributed by atoms with Crippen molar-refractivity contribution in [1.29, 1.82) is 0 Å². The first-order valence-corrected chi connectivity index (χ1v) is 9.45. The molecule has 2 heterocycles. The Hall–Kier alpha value is -3.07. The van der Waals surface area contributed by atoms with E-state index in [0.717, 1.165) is 6.26 Å². The van der Waals surface area contributed by atoms with Crippen molar-refractivity contribution in [2.24, 2.45) is 0 Å². The van der Waals surface area contributed by atoms with Crippen LogP contribution in [0.25, 0.3) is 22.0 Å². The molecule has 3 aromatic rings. The van der Waals surface area contributed by atoms with Crippen LogP contribution in [0.5, 0.6) is 0 Å². The van der Waals surface area contributed by atoms with Crippen LogP contribution in [0.4, 0.5) is 0 Å². The molecule has 0 saturated heterocycles. The maximum Gasteiger partial charge on any atom is 0.325 e. The van der Waals surface area contributed by atoms with Gasteiger partial charge in [0.25, 0.3) is 0 Å². The lowest BCUT2D eigenvalue weighted by Crippen LogP contribution is -2.10. The van der Waals surface area contributed by atoms with Crippen LogP contribution >= 0.6 is 0 Å². The molecule has 0 aliphatic heterocycles. The number of carboxylic acids is 1. The van der Waals surface area contributed by atoms with Crippen LogP contribution in [0.15, 0.2) is 41.6 Å². The maximum atomic E-state index is 11.9. The van der Waals surface area contributed by atoms with E-state index in [2.05, 4.69) is 10.1 Å². The molecular formula is C17H15N3O5S. The van der Waals surface area contributed by atoms with E-state index < -0.39 is 15.8 Å². The summed E-state index contributed by atoms with van der Waals surface area (Å²) >= 11 is 0. The van der Waals surface area contributed by atoms with E-state index in [4.69, 9.17) is 5.11 Å². The highest BCUT2D eigenvalue weighted by Gasteiger charge is 2.17. The molecule has 0 radical (unpaired) electrons. The molecule has 0 aliphatic rings. The van der Waals surface area contributed by atoms with Crippen LogP contribution in [0.1, 0.15) is 17.4 Å². The molecule has 1 N–H and O–H groups in total. The summed E-state index contributed by atoms with van der Waals surface area (Å²) in [7, 11) is -3.41. The summed E-state index contributed by atoms with van der Waals surface area (Å²) in [6, 6.07) is 6.54. The molecule has 26 heavy (non-hydrogen) atoms. The van der Waals surface area contributed by atoms with E-state index in [1.54, 1.807) is 18.2 Å². The molecule has 0 aliphatic carbocycles. The summed E-state index contributed by atoms with van der Waals surface area (Å²) in [5.41, 5.74) is 1.88. The predicted molar refractivity (Wildman–Crippen MR) is 93.7 cm³/mol. The van der Waals surface area contributed by atoms with Crippen molar-refractivity contribution in [3.63, 3.8) is 0 Å². The van der Waals surface area contributed by atoms with Gasteiger partial charge in [-0.05, 0) is 23.8 Å². The van der Waals surface area contributed by atoms with E-state index in [0.29, 0.717) is 22.0 Å². The number of pyridine rings is 1. The lowest BCUT2D eigenvalue weighted by atomic mass is 10.0. The number of ketones is 1. The smallest absolute Gasteiger partial charge is 0.325 e. The van der Waals surface area contributed by atoms with Gasteiger partial charge in [0.1, 0.15) is 12.2 Å². The van der Waals surface area contributed by atoms with E-state index >= 15 is 0 Å². The molecule has 0 saturated carbocycles. The molecule has 0 atom stereocenters. The Bertz CT molecular complexity index is 1150. The van der Waals surface area contributed by atoms with Gasteiger partial charge >= 0.3 is 5.97 Å². The summed E-state index contributed by atoms with van der Waals surface area (Å²) in [5.74, 6) is -1.36. The molecule has 134 valence electrons. The summed E-state index contributed by atoms with van der Waals surface area (Å²) in [5, 5.41) is 13.6. The second-order valence-electron chi connectivity index (χ2n) is 5.87. The Morgan fingerprint density at radius 3 is 2.50 bits per heavy atom. The van der Waals surface area contributed by atoms with E-state index in [-0.39, 0.29) is 22.9 Å². The van der Waals surface area contributed by atoms with E-state index in [1.165, 1.54) is 30.1 Å². The monoisotopic (exact) mass is 373 g/mol. The van der Waals surface area contributed by atoms with Gasteiger partial charge in [0.15, 0.2) is 15.6 Å². The normalized spacial score (nSPS) is 11.6. The Labute approximate surface area is 149 Å². The van der Waals surface area contributed by atoms with Gasteiger partial charge in [-0.3, -0.25) is 19.3 Å². The van der Waals surface area contributed by atoms with Gasteiger partial charge in [0, 0.05) is 36.5 Å². The van der Waals surface area contributed by atoms with E-state index in [1.807, 2.05) is 0 Å². The molecule has 2 aromatic heterocycles. The number of fused-ring (bicyclic) bond motifs is 1. The van der Waals surface area contributed by atoms with Gasteiger partial charge in [-0.25, -0.2) is 8.42 Å². The van der Waals surface area contributed by atoms with Gasteiger partial charge < -0.3 is 5.11 Å². The van der Waals surface area contributed by atoms with Crippen LogP contribution in [-0.4, -0.2) is 46.3 Å². The van der Waals surface area contributed by atoms with Gasteiger partial charge in [0.05, 0.1) is 10.4 Å². The Morgan fingerprint density at radius 1 is 1.15 bits per heavy atom. The number of aliphatic carboxylic acids is 1. The van der Waals surface area contributed by atoms with Crippen molar-refractivity contribution >= 4 is 32.5 Å². The van der Waals surface area contributed by atoms with Crippen LogP contribution in [0.2, 0.25) is 0 Å². The SMILES string of the molecule is CC(=O)c1nn(CC(=O)O)c2ccc(-c3cncc(S(C)(=O)=O)c3)cc12. The maximum absolute atomic E-state index is 11.9. The molecule has 0 fully saturated rings. The zero-order chi connectivity index (χ0) is 19.1. The highest BCUT2D eigenvalue weighted by atomic mass is 32.2. The molecule has 8 nitrogen and oxygen atoms in total. The average Bonchev–Trinajstić information content (AvgIpc) is 2.92. The van der Waals surface area contributed by atoms with Gasteiger partial charge in [0.2, 0.25) is 0 Å². The van der Waals surface area contributed by atoms with Crippen molar-refractivity contribution in [2.45, 2.75) is 18.4 Å². The van der Waals surface area contributed by atoms with Gasteiger partial charge in [-0.15, -0.1) is 0 Å². The average molecular weight is 373 g/mol. The molecular weight excluding hydrogens is 358 g/mol. The lowest BCUT2D eigenvalue weighted by molar-refractivity contribution is -0.137. The summed E-state index contributed by atoms with van der Waals surface area (Å²) in [6.45, 7) is 0.986. The third-order valence-corrected chi connectivity index (χ3v) is 4.92. The molecule has 3 rings (SSSR count). The number of nitrogens with zero attached hydrogens (tertiary/aromatic N) is 3. The third-order valence-electron chi connectivity index (χ3n) is 3.84. The molecule has 0 spiro atoms. The second kappa shape index (κ2) is 6.34. The van der Waals surface area contributed by atoms with Crippen LogP contribution in [-0.2, 0) is 21.2 Å². The first kappa shape index (κ1) is 17.7. The van der Waals surface area contributed by atoms with Crippen molar-refractivity contribution in [3.8, 4) is 11.1 Å². The zero-order valence-electron chi connectivity index (χ0n) is 14.0. The standard InChI is InChI=1S/C17H15N3O5S/c1-10(21)17-14-6-11(3-4-15(14)20(19-17)9-16(22)23)12-5-13(8-18-7-12)26(2,24)25/h3-8H,9H2,1-2H3,(H,22,23). The number of benzene rings is 1. The fourth-order valence-corrected chi connectivity index (χ4v) is 3.24. The van der Waals surface area contributed by atoms with Crippen molar-refractivity contribution in [1.82, 2.24) is 14.8 Å². The number of aromatic nitrogens is 3. The zero-order valence-corrected chi connectivity index (χ0v) is 14.8. The minimum absolute atomic E-state index is 0.0865. The number of hydrogen-bond acceptors (Lipinski definition) is 6. The predicted octanol–water partition coefficient (Wildman–Crippen LogP) is 1.79. The highest BCUT2D eigenvalue weighted by molar-refractivity contribution is 7.90. The minimum atomic E-state index is -3.41. The van der Waals surface area contributed by atoms with Gasteiger partial charge in [-0.1, -0.05) is 6.07 Å². The summed E-state index contributed by atoms with van der Waals surface area (Å²) in [6.07, 6.45) is 3.88. The third kappa shape index (κ3) is 3.33. The quantitative estimate of drug-likeness (QED) is 0.677. The molecule has 0 amide bonds. The van der Waals surface area contributed by atoms with Crippen LogP contribution < -0.4 is 0 Å². The number of carboxylic acid groups (broad SMARTS) is 1. The van der Waals surface area contributed by atoms with Crippen molar-refractivity contribution in [2.75, 3.05) is 6.26 Å². The topological polar surface area (TPSA) is 119 Å². The van der Waals surface area contributed by atoms with Gasteiger partial charge in [-0.2, -0.15) is 5.10 Å². The van der Waals surface area contributed by atoms with Crippen molar-refractivity contribution < 1.29 is 23.1 Å². The Morgan fingerprint density at radius 2 is 1.88 bits per heavy atom. The first-order chi connectivity index (χ1) is 12.2. The molecule has 0 bridgehead atoms. The number of rotatable bonds is 5. The number of sulfone groups is 1. The molecule has 0 unspecified atom stereocenters. The fourth-order valence-electron chi connectivity index (χ4n) is 2.65. The summed E-state index contributed by atoms with van der Waals surface area (Å²) in [4.78, 5) is 26.9. The number of carbonyl (C=O) groups excluding carboxylic acids is 1. The Balaban J connectivity index is 2.19. The van der Waals surface area contributed by atoms with Crippen LogP contribution in [0.3, 0.4) is 0 Å². The summed E-state index contributed by atoms with van der Waals surface area (Å²) < 4.78 is 24.7. The lowest BCUT2D eigenvalue weighted by Gasteiger charge is -2.05.